The summed E-state index contributed by atoms with van der Waals surface area (Å²) in [4.78, 5) is 14.7. The predicted molar refractivity (Wildman–Crippen MR) is 124 cm³/mol. The Morgan fingerprint density at radius 1 is 1.21 bits per heavy atom. The van der Waals surface area contributed by atoms with Crippen LogP contribution in [0, 0.1) is 5.82 Å². The highest BCUT2D eigenvalue weighted by atomic mass is 127. The van der Waals surface area contributed by atoms with E-state index in [4.69, 9.17) is 4.99 Å². The number of fused-ring (bicyclic) bond motifs is 1. The number of para-hydroxylation sites is 2. The molecule has 0 aliphatic rings. The van der Waals surface area contributed by atoms with E-state index in [1.54, 1.807) is 12.1 Å². The number of rotatable bonds is 7. The van der Waals surface area contributed by atoms with Gasteiger partial charge in [-0.2, -0.15) is 0 Å². The summed E-state index contributed by atoms with van der Waals surface area (Å²) in [7, 11) is 1.96. The van der Waals surface area contributed by atoms with Gasteiger partial charge in [0.25, 0.3) is 0 Å². The van der Waals surface area contributed by atoms with Crippen molar-refractivity contribution in [3.63, 3.8) is 0 Å². The molecule has 28 heavy (non-hydrogen) atoms. The number of halogens is 2. The van der Waals surface area contributed by atoms with Gasteiger partial charge < -0.3 is 15.2 Å². The molecule has 0 saturated heterocycles. The van der Waals surface area contributed by atoms with Crippen LogP contribution in [0.5, 0.6) is 0 Å². The van der Waals surface area contributed by atoms with Crippen LogP contribution in [0.4, 0.5) is 4.39 Å². The van der Waals surface area contributed by atoms with Crippen LogP contribution in [0.15, 0.2) is 53.5 Å². The molecule has 0 bridgehead atoms. The lowest BCUT2D eigenvalue weighted by Gasteiger charge is -2.22. The number of benzene rings is 2. The van der Waals surface area contributed by atoms with Crippen LogP contribution in [0.2, 0.25) is 0 Å². The van der Waals surface area contributed by atoms with Crippen LogP contribution in [0.25, 0.3) is 11.0 Å². The maximum Gasteiger partial charge on any atom is 0.193 e. The molecule has 0 unspecified atom stereocenters. The van der Waals surface area contributed by atoms with E-state index >= 15 is 0 Å². The molecule has 2 aromatic carbocycles. The molecular formula is C21H27FIN5. The van der Waals surface area contributed by atoms with Gasteiger partial charge in [0.1, 0.15) is 11.6 Å². The van der Waals surface area contributed by atoms with Crippen molar-refractivity contribution >= 4 is 41.0 Å². The van der Waals surface area contributed by atoms with E-state index in [0.717, 1.165) is 47.8 Å². The zero-order valence-corrected chi connectivity index (χ0v) is 18.6. The first-order chi connectivity index (χ1) is 13.2. The minimum absolute atomic E-state index is 0. The van der Waals surface area contributed by atoms with E-state index in [2.05, 4.69) is 15.3 Å². The highest BCUT2D eigenvalue weighted by Gasteiger charge is 2.07. The summed E-state index contributed by atoms with van der Waals surface area (Å²) in [5.74, 6) is 1.60. The number of aromatic nitrogens is 2. The SMILES string of the molecule is CCNC(=NCCCc1nc2ccccc2[nH]1)N(C)Cc1cccc(F)c1.I. The summed E-state index contributed by atoms with van der Waals surface area (Å²) in [5.41, 5.74) is 2.99. The molecule has 1 aromatic heterocycles. The summed E-state index contributed by atoms with van der Waals surface area (Å²) >= 11 is 0. The van der Waals surface area contributed by atoms with Crippen LogP contribution >= 0.6 is 24.0 Å². The number of imidazole rings is 1. The summed E-state index contributed by atoms with van der Waals surface area (Å²) in [6.07, 6.45) is 1.76. The number of nitrogens with one attached hydrogen (secondary N) is 2. The number of guanidine groups is 1. The minimum atomic E-state index is -0.214. The average molecular weight is 495 g/mol. The fourth-order valence-electron chi connectivity index (χ4n) is 3.01. The Morgan fingerprint density at radius 3 is 2.79 bits per heavy atom. The molecule has 1 heterocycles. The molecule has 0 fully saturated rings. The number of H-pyrrole nitrogens is 1. The number of aliphatic imine (C=N–C) groups is 1. The summed E-state index contributed by atoms with van der Waals surface area (Å²) in [6.45, 7) is 4.13. The average Bonchev–Trinajstić information content (AvgIpc) is 3.07. The monoisotopic (exact) mass is 495 g/mol. The number of hydrogen-bond acceptors (Lipinski definition) is 2. The number of nitrogens with zero attached hydrogens (tertiary/aromatic N) is 3. The van der Waals surface area contributed by atoms with E-state index in [9.17, 15) is 4.39 Å². The standard InChI is InChI=1S/C21H26FN5.HI/c1-3-23-21(27(2)15-16-8-6-9-17(22)14-16)24-13-7-12-20-25-18-10-4-5-11-19(18)26-20;/h4-6,8-11,14H,3,7,12-13,15H2,1-2H3,(H,23,24)(H,25,26);1H. The Morgan fingerprint density at radius 2 is 2.04 bits per heavy atom. The van der Waals surface area contributed by atoms with Gasteiger partial charge in [0, 0.05) is 33.1 Å². The number of hydrogen-bond donors (Lipinski definition) is 2. The quantitative estimate of drug-likeness (QED) is 0.222. The zero-order chi connectivity index (χ0) is 19.1. The molecule has 0 saturated carbocycles. The Bertz CT molecular complexity index is 875. The number of aryl methyl sites for hydroxylation is 1. The molecule has 0 spiro atoms. The summed E-state index contributed by atoms with van der Waals surface area (Å²) in [6, 6.07) is 14.7. The minimum Gasteiger partial charge on any atom is -0.357 e. The molecule has 5 nitrogen and oxygen atoms in total. The van der Waals surface area contributed by atoms with Crippen molar-refractivity contribution < 1.29 is 4.39 Å². The molecule has 0 aliphatic carbocycles. The van der Waals surface area contributed by atoms with Crippen LogP contribution in [-0.4, -0.2) is 41.0 Å². The maximum atomic E-state index is 13.4. The highest BCUT2D eigenvalue weighted by Crippen LogP contribution is 2.11. The van der Waals surface area contributed by atoms with Gasteiger partial charge in [0.05, 0.1) is 11.0 Å². The lowest BCUT2D eigenvalue weighted by Crippen LogP contribution is -2.38. The Kier molecular flexibility index (Phi) is 8.69. The van der Waals surface area contributed by atoms with Gasteiger partial charge in [-0.1, -0.05) is 24.3 Å². The number of aromatic amines is 1. The van der Waals surface area contributed by atoms with Gasteiger partial charge in [-0.25, -0.2) is 9.37 Å². The van der Waals surface area contributed by atoms with Crippen LogP contribution in [-0.2, 0) is 13.0 Å². The fourth-order valence-corrected chi connectivity index (χ4v) is 3.01. The van der Waals surface area contributed by atoms with Gasteiger partial charge in [-0.3, -0.25) is 4.99 Å². The molecule has 0 radical (unpaired) electrons. The van der Waals surface area contributed by atoms with E-state index in [1.165, 1.54) is 6.07 Å². The second-order valence-electron chi connectivity index (χ2n) is 6.53. The maximum absolute atomic E-state index is 13.4. The van der Waals surface area contributed by atoms with E-state index in [0.29, 0.717) is 13.1 Å². The van der Waals surface area contributed by atoms with Crippen molar-refractivity contribution in [1.29, 1.82) is 0 Å². The Balaban J connectivity index is 0.00000280. The topological polar surface area (TPSA) is 56.3 Å². The second-order valence-corrected chi connectivity index (χ2v) is 6.53. The van der Waals surface area contributed by atoms with Crippen LogP contribution < -0.4 is 5.32 Å². The lowest BCUT2D eigenvalue weighted by atomic mass is 10.2. The molecule has 2 N–H and O–H groups in total. The van der Waals surface area contributed by atoms with Gasteiger partial charge in [-0.05, 0) is 43.2 Å². The predicted octanol–water partition coefficient (Wildman–Crippen LogP) is 4.35. The van der Waals surface area contributed by atoms with Crippen LogP contribution in [0.3, 0.4) is 0 Å². The fraction of sp³-hybridized carbons (Fsp3) is 0.333. The van der Waals surface area contributed by atoms with Crippen molar-refractivity contribution in [1.82, 2.24) is 20.2 Å². The van der Waals surface area contributed by atoms with Crippen molar-refractivity contribution in [2.45, 2.75) is 26.3 Å². The third kappa shape index (κ3) is 6.19. The molecule has 3 aromatic rings. The Hall–Kier alpha value is -2.16. The molecule has 3 rings (SSSR count). The molecule has 150 valence electrons. The molecular weight excluding hydrogens is 468 g/mol. The molecule has 0 amide bonds. The third-order valence-electron chi connectivity index (χ3n) is 4.28. The van der Waals surface area contributed by atoms with Crippen molar-refractivity contribution in [3.8, 4) is 0 Å². The largest absolute Gasteiger partial charge is 0.357 e. The van der Waals surface area contributed by atoms with Crippen molar-refractivity contribution in [2.75, 3.05) is 20.1 Å². The lowest BCUT2D eigenvalue weighted by molar-refractivity contribution is 0.474. The first-order valence-corrected chi connectivity index (χ1v) is 9.33. The molecule has 0 aliphatic heterocycles. The molecule has 7 heteroatoms. The van der Waals surface area contributed by atoms with Gasteiger partial charge in [0.15, 0.2) is 5.96 Å². The summed E-state index contributed by atoms with van der Waals surface area (Å²) in [5, 5.41) is 3.30. The van der Waals surface area contributed by atoms with Crippen LogP contribution in [0.1, 0.15) is 24.7 Å². The van der Waals surface area contributed by atoms with Crippen molar-refractivity contribution in [2.24, 2.45) is 4.99 Å². The first kappa shape index (κ1) is 22.1. The Labute approximate surface area is 182 Å². The van der Waals surface area contributed by atoms with Gasteiger partial charge >= 0.3 is 0 Å². The second kappa shape index (κ2) is 11.0. The van der Waals surface area contributed by atoms with E-state index in [-0.39, 0.29) is 29.8 Å². The van der Waals surface area contributed by atoms with Crippen molar-refractivity contribution in [3.05, 3.63) is 65.7 Å². The van der Waals surface area contributed by atoms with Gasteiger partial charge in [0.2, 0.25) is 0 Å². The zero-order valence-electron chi connectivity index (χ0n) is 16.3. The first-order valence-electron chi connectivity index (χ1n) is 9.33. The van der Waals surface area contributed by atoms with E-state index < -0.39 is 0 Å². The van der Waals surface area contributed by atoms with E-state index in [1.807, 2.05) is 49.2 Å². The highest BCUT2D eigenvalue weighted by molar-refractivity contribution is 14.0. The summed E-state index contributed by atoms with van der Waals surface area (Å²) < 4.78 is 13.4. The third-order valence-corrected chi connectivity index (χ3v) is 4.28. The molecule has 0 atom stereocenters. The van der Waals surface area contributed by atoms with Gasteiger partial charge in [-0.15, -0.1) is 24.0 Å². The smallest absolute Gasteiger partial charge is 0.193 e. The normalized spacial score (nSPS) is 11.3.